The van der Waals surface area contributed by atoms with Gasteiger partial charge in [0.05, 0.1) is 7.11 Å². The van der Waals surface area contributed by atoms with Crippen LogP contribution in [0.4, 0.5) is 5.13 Å². The Hall–Kier alpha value is -2.32. The summed E-state index contributed by atoms with van der Waals surface area (Å²) in [7, 11) is 1.71. The minimum atomic E-state index is 0.632. The van der Waals surface area contributed by atoms with Gasteiger partial charge in [-0.2, -0.15) is 0 Å². The number of rotatable bonds is 6. The molecule has 0 bridgehead atoms. The van der Waals surface area contributed by atoms with Crippen molar-refractivity contribution in [2.24, 2.45) is 16.6 Å². The van der Waals surface area contributed by atoms with Gasteiger partial charge in [-0.25, -0.2) is 4.98 Å². The van der Waals surface area contributed by atoms with Crippen LogP contribution in [0.1, 0.15) is 18.4 Å². The van der Waals surface area contributed by atoms with Gasteiger partial charge in [-0.3, -0.25) is 9.89 Å². The van der Waals surface area contributed by atoms with Crippen molar-refractivity contribution in [3.05, 3.63) is 41.4 Å². The molecule has 0 saturated carbocycles. The molecule has 8 heteroatoms. The number of hydrogen-bond acceptors (Lipinski definition) is 6. The molecule has 0 amide bonds. The summed E-state index contributed by atoms with van der Waals surface area (Å²) < 4.78 is 5.24. The molecule has 0 atom stereocenters. The van der Waals surface area contributed by atoms with E-state index in [4.69, 9.17) is 15.5 Å². The van der Waals surface area contributed by atoms with E-state index in [1.54, 1.807) is 18.4 Å². The average Bonchev–Trinajstić information content (AvgIpc) is 3.34. The molecule has 0 aliphatic carbocycles. The van der Waals surface area contributed by atoms with E-state index in [1.165, 1.54) is 18.4 Å². The molecule has 2 fully saturated rings. The third-order valence-electron chi connectivity index (χ3n) is 6.08. The van der Waals surface area contributed by atoms with Crippen LogP contribution >= 0.6 is 11.3 Å². The Morgan fingerprint density at radius 3 is 2.50 bits per heavy atom. The van der Waals surface area contributed by atoms with Gasteiger partial charge in [0.2, 0.25) is 0 Å². The van der Waals surface area contributed by atoms with Crippen molar-refractivity contribution in [3.63, 3.8) is 0 Å². The van der Waals surface area contributed by atoms with E-state index in [-0.39, 0.29) is 0 Å². The summed E-state index contributed by atoms with van der Waals surface area (Å²) in [6, 6.07) is 8.39. The number of piperazine rings is 1. The number of nitrogens with zero attached hydrogens (tertiary/aromatic N) is 5. The first kappa shape index (κ1) is 20.9. The fraction of sp³-hybridized carbons (Fsp3) is 0.545. The molecule has 2 N–H and O–H groups in total. The zero-order valence-corrected chi connectivity index (χ0v) is 18.6. The van der Waals surface area contributed by atoms with E-state index >= 15 is 0 Å². The highest BCUT2D eigenvalue weighted by atomic mass is 32.1. The molecule has 0 unspecified atom stereocenters. The first-order valence-electron chi connectivity index (χ1n) is 10.8. The number of aliphatic imine (C=N–C) groups is 1. The van der Waals surface area contributed by atoms with Crippen molar-refractivity contribution in [3.8, 4) is 5.75 Å². The second kappa shape index (κ2) is 10.1. The minimum Gasteiger partial charge on any atom is -0.497 e. The number of benzene rings is 1. The Morgan fingerprint density at radius 2 is 1.87 bits per heavy atom. The molecule has 2 aromatic rings. The minimum absolute atomic E-state index is 0.632. The largest absolute Gasteiger partial charge is 0.497 e. The monoisotopic (exact) mass is 428 g/mol. The Labute approximate surface area is 183 Å². The molecule has 4 rings (SSSR count). The highest BCUT2D eigenvalue weighted by Gasteiger charge is 2.22. The number of hydrogen-bond donors (Lipinski definition) is 1. The number of methoxy groups -OCH3 is 1. The number of anilines is 1. The zero-order valence-electron chi connectivity index (χ0n) is 17.7. The summed E-state index contributed by atoms with van der Waals surface area (Å²) in [5.41, 5.74) is 7.65. The molecule has 162 valence electrons. The van der Waals surface area contributed by atoms with Gasteiger partial charge in [0.25, 0.3) is 0 Å². The number of aromatic nitrogens is 1. The highest BCUT2D eigenvalue weighted by molar-refractivity contribution is 7.13. The molecule has 2 saturated heterocycles. The Bertz CT molecular complexity index is 794. The topological polar surface area (TPSA) is 70.2 Å². The van der Waals surface area contributed by atoms with Crippen molar-refractivity contribution in [1.82, 2.24) is 14.8 Å². The molecule has 3 heterocycles. The van der Waals surface area contributed by atoms with Crippen LogP contribution in [0.15, 0.2) is 40.8 Å². The first-order chi connectivity index (χ1) is 14.7. The van der Waals surface area contributed by atoms with Gasteiger partial charge >= 0.3 is 0 Å². The van der Waals surface area contributed by atoms with E-state index in [1.807, 2.05) is 23.7 Å². The second-order valence-electron chi connectivity index (χ2n) is 8.06. The van der Waals surface area contributed by atoms with Crippen LogP contribution in [0.2, 0.25) is 0 Å². The van der Waals surface area contributed by atoms with E-state index in [0.717, 1.165) is 63.2 Å². The number of guanidine groups is 1. The molecule has 0 spiro atoms. The smallest absolute Gasteiger partial charge is 0.191 e. The van der Waals surface area contributed by atoms with Crippen molar-refractivity contribution < 1.29 is 4.74 Å². The Kier molecular flexibility index (Phi) is 7.07. The molecule has 30 heavy (non-hydrogen) atoms. The molecule has 2 aliphatic heterocycles. The molecule has 1 aromatic carbocycles. The average molecular weight is 429 g/mol. The van der Waals surface area contributed by atoms with Crippen molar-refractivity contribution >= 4 is 22.4 Å². The number of likely N-dealkylation sites (tertiary alicyclic amines) is 1. The SMILES string of the molecule is COc1ccc(CN2CCC(CN=C(N)N3CCN(c4nccs4)CC3)CC2)cc1. The zero-order chi connectivity index (χ0) is 20.8. The van der Waals surface area contributed by atoms with Gasteiger partial charge in [-0.1, -0.05) is 12.1 Å². The third kappa shape index (κ3) is 5.43. The van der Waals surface area contributed by atoms with E-state index in [0.29, 0.717) is 11.9 Å². The van der Waals surface area contributed by atoms with Crippen LogP contribution in [0.3, 0.4) is 0 Å². The van der Waals surface area contributed by atoms with Gasteiger partial charge in [0.15, 0.2) is 11.1 Å². The van der Waals surface area contributed by atoms with Crippen LogP contribution in [-0.4, -0.2) is 73.7 Å². The molecule has 1 aromatic heterocycles. The van der Waals surface area contributed by atoms with Crippen LogP contribution in [-0.2, 0) is 6.54 Å². The highest BCUT2D eigenvalue weighted by Crippen LogP contribution is 2.21. The molecule has 0 radical (unpaired) electrons. The maximum absolute atomic E-state index is 6.31. The maximum atomic E-state index is 6.31. The summed E-state index contributed by atoms with van der Waals surface area (Å²) in [5, 5.41) is 3.13. The standard InChI is InChI=1S/C22H32N6OS/c1-29-20-4-2-19(3-5-20)17-26-9-6-18(7-10-26)16-25-21(23)27-11-13-28(14-12-27)22-24-8-15-30-22/h2-5,8,15,18H,6-7,9-14,16-17H2,1H3,(H2,23,25). The fourth-order valence-electron chi connectivity index (χ4n) is 4.14. The summed E-state index contributed by atoms with van der Waals surface area (Å²) in [4.78, 5) is 16.2. The second-order valence-corrected chi connectivity index (χ2v) is 8.93. The normalized spacial score (nSPS) is 19.3. The lowest BCUT2D eigenvalue weighted by atomic mass is 9.96. The predicted molar refractivity (Wildman–Crippen MR) is 123 cm³/mol. The Morgan fingerprint density at radius 1 is 1.13 bits per heavy atom. The van der Waals surface area contributed by atoms with Gasteiger partial charge in [0, 0.05) is 50.8 Å². The van der Waals surface area contributed by atoms with Crippen LogP contribution in [0, 0.1) is 5.92 Å². The number of piperidine rings is 1. The third-order valence-corrected chi connectivity index (χ3v) is 6.91. The van der Waals surface area contributed by atoms with E-state index < -0.39 is 0 Å². The van der Waals surface area contributed by atoms with Gasteiger partial charge in [0.1, 0.15) is 5.75 Å². The van der Waals surface area contributed by atoms with Crippen molar-refractivity contribution in [1.29, 1.82) is 0 Å². The predicted octanol–water partition coefficient (Wildman–Crippen LogP) is 2.50. The van der Waals surface area contributed by atoms with Gasteiger partial charge in [-0.05, 0) is 49.5 Å². The first-order valence-corrected chi connectivity index (χ1v) is 11.6. The summed E-state index contributed by atoms with van der Waals surface area (Å²) in [5.74, 6) is 2.25. The van der Waals surface area contributed by atoms with Crippen molar-refractivity contribution in [2.45, 2.75) is 19.4 Å². The molecule has 2 aliphatic rings. The number of nitrogens with two attached hydrogens (primary N) is 1. The molecular formula is C22H32N6OS. The lowest BCUT2D eigenvalue weighted by Gasteiger charge is -2.35. The maximum Gasteiger partial charge on any atom is 0.191 e. The summed E-state index contributed by atoms with van der Waals surface area (Å²) >= 11 is 1.70. The van der Waals surface area contributed by atoms with E-state index in [9.17, 15) is 0 Å². The number of ether oxygens (including phenoxy) is 1. The number of thiazole rings is 1. The Balaban J connectivity index is 1.18. The van der Waals surface area contributed by atoms with Crippen LogP contribution < -0.4 is 15.4 Å². The fourth-order valence-corrected chi connectivity index (χ4v) is 4.83. The van der Waals surface area contributed by atoms with E-state index in [2.05, 4.69) is 31.8 Å². The van der Waals surface area contributed by atoms with Crippen LogP contribution in [0.25, 0.3) is 0 Å². The lowest BCUT2D eigenvalue weighted by molar-refractivity contribution is 0.180. The molecule has 7 nitrogen and oxygen atoms in total. The van der Waals surface area contributed by atoms with Gasteiger partial charge in [-0.15, -0.1) is 11.3 Å². The van der Waals surface area contributed by atoms with Crippen molar-refractivity contribution in [2.75, 3.05) is 57.8 Å². The van der Waals surface area contributed by atoms with Crippen LogP contribution in [0.5, 0.6) is 5.75 Å². The summed E-state index contributed by atoms with van der Waals surface area (Å²) in [6.45, 7) is 7.82. The quantitative estimate of drug-likeness (QED) is 0.563. The van der Waals surface area contributed by atoms with Gasteiger partial charge < -0.3 is 20.3 Å². The summed E-state index contributed by atoms with van der Waals surface area (Å²) in [6.07, 6.45) is 4.24. The lowest BCUT2D eigenvalue weighted by Crippen LogP contribution is -2.51. The molecular weight excluding hydrogens is 396 g/mol.